The monoisotopic (exact) mass is 313 g/mol. The highest BCUT2D eigenvalue weighted by Gasteiger charge is 2.35. The predicted molar refractivity (Wildman–Crippen MR) is 81.6 cm³/mol. The van der Waals surface area contributed by atoms with Crippen molar-refractivity contribution in [1.29, 1.82) is 0 Å². The maximum atomic E-state index is 12.9. The lowest BCUT2D eigenvalue weighted by atomic mass is 10.0. The summed E-state index contributed by atoms with van der Waals surface area (Å²) in [5.74, 6) is 0. The zero-order chi connectivity index (χ0) is 15.3. The molecule has 0 radical (unpaired) electrons. The van der Waals surface area contributed by atoms with Gasteiger partial charge in [-0.25, -0.2) is 13.4 Å². The first-order valence-corrected chi connectivity index (χ1v) is 8.87. The van der Waals surface area contributed by atoms with Gasteiger partial charge >= 0.3 is 0 Å². The van der Waals surface area contributed by atoms with Gasteiger partial charge in [-0.05, 0) is 38.3 Å². The summed E-state index contributed by atoms with van der Waals surface area (Å²) >= 11 is 0. The number of nitrogens with zero attached hydrogens (tertiary/aromatic N) is 2. The number of hydrogen-bond donors (Lipinski definition) is 2. The lowest BCUT2D eigenvalue weighted by Crippen LogP contribution is -2.44. The summed E-state index contributed by atoms with van der Waals surface area (Å²) in [6.07, 6.45) is 4.62. The Kier molecular flexibility index (Phi) is 5.55. The number of rotatable bonds is 6. The molecule has 0 bridgehead atoms. The average molecular weight is 313 g/mol. The molecule has 0 aromatic carbocycles. The predicted octanol–water partition coefficient (Wildman–Crippen LogP) is 1.44. The quantitative estimate of drug-likeness (QED) is 0.830. The van der Waals surface area contributed by atoms with Crippen LogP contribution in [0.4, 0.5) is 5.69 Å². The Morgan fingerprint density at radius 3 is 3.00 bits per heavy atom. The summed E-state index contributed by atoms with van der Waals surface area (Å²) in [5.41, 5.74) is 0.535. The fourth-order valence-corrected chi connectivity index (χ4v) is 4.57. The first-order valence-electron chi connectivity index (χ1n) is 7.42. The molecule has 2 rings (SSSR count). The standard InChI is InChI=1S/C14H23N3O3S/c1-2-15-13-7-5-9-16-14(13)21(19,20)17-10-4-3-6-12(17)8-11-18/h5,7,9,12,15,18H,2-4,6,8,10-11H2,1H3. The Balaban J connectivity index is 2.36. The molecule has 0 spiro atoms. The molecule has 1 fully saturated rings. The number of pyridine rings is 1. The Morgan fingerprint density at radius 2 is 2.29 bits per heavy atom. The van der Waals surface area contributed by atoms with E-state index >= 15 is 0 Å². The molecule has 1 aliphatic heterocycles. The van der Waals surface area contributed by atoms with Crippen molar-refractivity contribution in [3.63, 3.8) is 0 Å². The summed E-state index contributed by atoms with van der Waals surface area (Å²) in [4.78, 5) is 4.08. The molecule has 0 aliphatic carbocycles. The fraction of sp³-hybridized carbons (Fsp3) is 0.643. The summed E-state index contributed by atoms with van der Waals surface area (Å²) < 4.78 is 27.3. The number of aliphatic hydroxyl groups is 1. The van der Waals surface area contributed by atoms with Gasteiger partial charge in [-0.2, -0.15) is 4.31 Å². The first-order chi connectivity index (χ1) is 10.1. The van der Waals surface area contributed by atoms with E-state index in [1.807, 2.05) is 6.92 Å². The maximum Gasteiger partial charge on any atom is 0.262 e. The Morgan fingerprint density at radius 1 is 1.48 bits per heavy atom. The number of hydrogen-bond acceptors (Lipinski definition) is 5. The lowest BCUT2D eigenvalue weighted by molar-refractivity contribution is 0.192. The van der Waals surface area contributed by atoms with Crippen molar-refractivity contribution in [2.24, 2.45) is 0 Å². The summed E-state index contributed by atoms with van der Waals surface area (Å²) in [7, 11) is -3.64. The van der Waals surface area contributed by atoms with Crippen molar-refractivity contribution in [2.75, 3.05) is 25.0 Å². The SMILES string of the molecule is CCNc1cccnc1S(=O)(=O)N1CCCCC1CCO. The zero-order valence-corrected chi connectivity index (χ0v) is 13.1. The molecule has 2 N–H and O–H groups in total. The molecule has 1 aliphatic rings. The van der Waals surface area contributed by atoms with Crippen molar-refractivity contribution in [3.05, 3.63) is 18.3 Å². The van der Waals surface area contributed by atoms with Crippen molar-refractivity contribution < 1.29 is 13.5 Å². The number of anilines is 1. The van der Waals surface area contributed by atoms with E-state index in [1.54, 1.807) is 12.1 Å². The van der Waals surface area contributed by atoms with Gasteiger partial charge in [0.15, 0.2) is 5.03 Å². The van der Waals surface area contributed by atoms with Crippen LogP contribution in [0.25, 0.3) is 0 Å². The minimum absolute atomic E-state index is 0.00102. The second kappa shape index (κ2) is 7.20. The molecule has 6 nitrogen and oxygen atoms in total. The maximum absolute atomic E-state index is 12.9. The van der Waals surface area contributed by atoms with Crippen LogP contribution in [0.2, 0.25) is 0 Å². The Hall–Kier alpha value is -1.18. The molecule has 0 saturated carbocycles. The number of aromatic nitrogens is 1. The smallest absolute Gasteiger partial charge is 0.262 e. The molecule has 1 aromatic rings. The van der Waals surface area contributed by atoms with Gasteiger partial charge in [0.2, 0.25) is 0 Å². The van der Waals surface area contributed by atoms with Crippen LogP contribution in [0.5, 0.6) is 0 Å². The van der Waals surface area contributed by atoms with Gasteiger partial charge < -0.3 is 10.4 Å². The van der Waals surface area contributed by atoms with Crippen LogP contribution < -0.4 is 5.32 Å². The number of piperidine rings is 1. The molecule has 1 aromatic heterocycles. The average Bonchev–Trinajstić information content (AvgIpc) is 2.49. The van der Waals surface area contributed by atoms with E-state index in [0.717, 1.165) is 19.3 Å². The Labute approximate surface area is 126 Å². The molecule has 1 atom stereocenters. The van der Waals surface area contributed by atoms with Crippen LogP contribution in [-0.2, 0) is 10.0 Å². The van der Waals surface area contributed by atoms with E-state index in [2.05, 4.69) is 10.3 Å². The number of nitrogens with one attached hydrogen (secondary N) is 1. The Bertz CT molecular complexity index is 560. The van der Waals surface area contributed by atoms with Crippen molar-refractivity contribution in [2.45, 2.75) is 43.7 Å². The largest absolute Gasteiger partial charge is 0.396 e. The highest BCUT2D eigenvalue weighted by atomic mass is 32.2. The minimum Gasteiger partial charge on any atom is -0.396 e. The van der Waals surface area contributed by atoms with Crippen molar-refractivity contribution in [3.8, 4) is 0 Å². The molecule has 7 heteroatoms. The van der Waals surface area contributed by atoms with Gasteiger partial charge in [0, 0.05) is 31.9 Å². The highest BCUT2D eigenvalue weighted by molar-refractivity contribution is 7.89. The van der Waals surface area contributed by atoms with Gasteiger partial charge in [0.25, 0.3) is 10.0 Å². The second-order valence-electron chi connectivity index (χ2n) is 5.16. The third-order valence-electron chi connectivity index (χ3n) is 3.73. The van der Waals surface area contributed by atoms with Crippen molar-refractivity contribution in [1.82, 2.24) is 9.29 Å². The van der Waals surface area contributed by atoms with Gasteiger partial charge in [-0.1, -0.05) is 6.42 Å². The van der Waals surface area contributed by atoms with E-state index in [4.69, 9.17) is 5.11 Å². The molecule has 21 heavy (non-hydrogen) atoms. The van der Waals surface area contributed by atoms with Gasteiger partial charge in [0.05, 0.1) is 5.69 Å². The van der Waals surface area contributed by atoms with Gasteiger partial charge in [-0.15, -0.1) is 0 Å². The topological polar surface area (TPSA) is 82.5 Å². The van der Waals surface area contributed by atoms with E-state index in [9.17, 15) is 8.42 Å². The highest BCUT2D eigenvalue weighted by Crippen LogP contribution is 2.29. The molecule has 0 amide bonds. The number of aliphatic hydroxyl groups excluding tert-OH is 1. The lowest BCUT2D eigenvalue weighted by Gasteiger charge is -2.34. The minimum atomic E-state index is -3.64. The van der Waals surface area contributed by atoms with E-state index in [-0.39, 0.29) is 17.7 Å². The summed E-state index contributed by atoms with van der Waals surface area (Å²) in [6, 6.07) is 3.32. The first kappa shape index (κ1) is 16.2. The van der Waals surface area contributed by atoms with Crippen LogP contribution in [-0.4, -0.2) is 48.6 Å². The van der Waals surface area contributed by atoms with Gasteiger partial charge in [0.1, 0.15) is 0 Å². The van der Waals surface area contributed by atoms with E-state index < -0.39 is 10.0 Å². The number of sulfonamides is 1. The van der Waals surface area contributed by atoms with Crippen LogP contribution in [0.15, 0.2) is 23.4 Å². The fourth-order valence-electron chi connectivity index (χ4n) is 2.76. The molecule has 118 valence electrons. The summed E-state index contributed by atoms with van der Waals surface area (Å²) in [5, 5.41) is 12.3. The molecular formula is C14H23N3O3S. The van der Waals surface area contributed by atoms with Gasteiger partial charge in [-0.3, -0.25) is 0 Å². The second-order valence-corrected chi connectivity index (χ2v) is 6.97. The molecule has 1 saturated heterocycles. The van der Waals surface area contributed by atoms with Crippen molar-refractivity contribution >= 4 is 15.7 Å². The molecule has 1 unspecified atom stereocenters. The third-order valence-corrected chi connectivity index (χ3v) is 5.64. The molecular weight excluding hydrogens is 290 g/mol. The van der Waals surface area contributed by atoms with Crippen LogP contribution >= 0.6 is 0 Å². The van der Waals surface area contributed by atoms with Crippen LogP contribution in [0, 0.1) is 0 Å². The molecule has 2 heterocycles. The van der Waals surface area contributed by atoms with Crippen LogP contribution in [0.1, 0.15) is 32.6 Å². The summed E-state index contributed by atoms with van der Waals surface area (Å²) in [6.45, 7) is 3.04. The normalized spacial score (nSPS) is 20.4. The third kappa shape index (κ3) is 3.53. The van der Waals surface area contributed by atoms with E-state index in [0.29, 0.717) is 25.2 Å². The van der Waals surface area contributed by atoms with E-state index in [1.165, 1.54) is 10.5 Å². The van der Waals surface area contributed by atoms with Crippen LogP contribution in [0.3, 0.4) is 0 Å². The zero-order valence-electron chi connectivity index (χ0n) is 12.3.